The van der Waals surface area contributed by atoms with Gasteiger partial charge in [-0.15, -0.1) is 0 Å². The van der Waals surface area contributed by atoms with Gasteiger partial charge in [-0.2, -0.15) is 0 Å². The first kappa shape index (κ1) is 15.9. The third-order valence-corrected chi connectivity index (χ3v) is 4.12. The summed E-state index contributed by atoms with van der Waals surface area (Å²) in [5.74, 6) is 0.504. The van der Waals surface area contributed by atoms with Crippen LogP contribution in [0.3, 0.4) is 0 Å². The molecule has 0 unspecified atom stereocenters. The standard InChI is InChI=1S/C21H17N3O2/c1-26-18-9-5-8-17(13-18)22-21(25)16-10-11-24-14-19(23-20(24)12-16)15-6-3-2-4-7-15/h2-14H,1H3,(H,22,25). The number of carbonyl (C=O) groups excluding carboxylic acids is 1. The van der Waals surface area contributed by atoms with Gasteiger partial charge in [0.05, 0.1) is 12.8 Å². The summed E-state index contributed by atoms with van der Waals surface area (Å²) in [7, 11) is 1.59. The van der Waals surface area contributed by atoms with Crippen LogP contribution in [0.25, 0.3) is 16.9 Å². The molecule has 2 aromatic carbocycles. The number of aromatic nitrogens is 2. The third-order valence-electron chi connectivity index (χ3n) is 4.12. The van der Waals surface area contributed by atoms with Gasteiger partial charge in [-0.25, -0.2) is 4.98 Å². The summed E-state index contributed by atoms with van der Waals surface area (Å²) in [5.41, 5.74) is 3.87. The highest BCUT2D eigenvalue weighted by Gasteiger charge is 2.10. The van der Waals surface area contributed by atoms with Crippen molar-refractivity contribution >= 4 is 17.2 Å². The van der Waals surface area contributed by atoms with E-state index in [0.717, 1.165) is 16.9 Å². The van der Waals surface area contributed by atoms with Gasteiger partial charge in [0, 0.05) is 35.3 Å². The fraction of sp³-hybridized carbons (Fsp3) is 0.0476. The van der Waals surface area contributed by atoms with E-state index in [-0.39, 0.29) is 5.91 Å². The molecule has 0 fully saturated rings. The largest absolute Gasteiger partial charge is 0.497 e. The number of methoxy groups -OCH3 is 1. The van der Waals surface area contributed by atoms with Crippen molar-refractivity contribution in [1.29, 1.82) is 0 Å². The summed E-state index contributed by atoms with van der Waals surface area (Å²) in [6.07, 6.45) is 3.80. The van der Waals surface area contributed by atoms with Crippen molar-refractivity contribution in [2.45, 2.75) is 0 Å². The number of rotatable bonds is 4. The van der Waals surface area contributed by atoms with E-state index < -0.39 is 0 Å². The zero-order valence-electron chi connectivity index (χ0n) is 14.2. The number of amides is 1. The average molecular weight is 343 g/mol. The first-order valence-corrected chi connectivity index (χ1v) is 8.22. The maximum Gasteiger partial charge on any atom is 0.255 e. The lowest BCUT2D eigenvalue weighted by molar-refractivity contribution is 0.102. The van der Waals surface area contributed by atoms with Crippen molar-refractivity contribution in [3.05, 3.63) is 84.7 Å². The lowest BCUT2D eigenvalue weighted by Crippen LogP contribution is -2.12. The SMILES string of the molecule is COc1cccc(NC(=O)c2ccn3cc(-c4ccccc4)nc3c2)c1. The number of hydrogen-bond donors (Lipinski definition) is 1. The summed E-state index contributed by atoms with van der Waals surface area (Å²) < 4.78 is 7.09. The Morgan fingerprint density at radius 2 is 1.88 bits per heavy atom. The zero-order chi connectivity index (χ0) is 17.9. The second kappa shape index (κ2) is 6.72. The molecule has 128 valence electrons. The van der Waals surface area contributed by atoms with E-state index in [9.17, 15) is 4.79 Å². The lowest BCUT2D eigenvalue weighted by Gasteiger charge is -2.07. The van der Waals surface area contributed by atoms with Crippen LogP contribution in [0.1, 0.15) is 10.4 Å². The first-order valence-electron chi connectivity index (χ1n) is 8.22. The number of nitrogens with zero attached hydrogens (tertiary/aromatic N) is 2. The van der Waals surface area contributed by atoms with Crippen molar-refractivity contribution in [3.8, 4) is 17.0 Å². The predicted molar refractivity (Wildman–Crippen MR) is 102 cm³/mol. The molecule has 0 aliphatic rings. The molecule has 0 saturated carbocycles. The monoisotopic (exact) mass is 343 g/mol. The minimum Gasteiger partial charge on any atom is -0.497 e. The number of fused-ring (bicyclic) bond motifs is 1. The molecule has 0 bridgehead atoms. The summed E-state index contributed by atoms with van der Waals surface area (Å²) in [5, 5.41) is 2.88. The van der Waals surface area contributed by atoms with Crippen molar-refractivity contribution in [2.75, 3.05) is 12.4 Å². The molecule has 1 N–H and O–H groups in total. The molecule has 0 atom stereocenters. The molecule has 5 nitrogen and oxygen atoms in total. The number of ether oxygens (including phenoxy) is 1. The van der Waals surface area contributed by atoms with Crippen LogP contribution in [0.2, 0.25) is 0 Å². The van der Waals surface area contributed by atoms with Gasteiger partial charge in [0.15, 0.2) is 0 Å². The summed E-state index contributed by atoms with van der Waals surface area (Å²) in [4.78, 5) is 17.2. The normalized spacial score (nSPS) is 10.7. The molecule has 5 heteroatoms. The first-order chi connectivity index (χ1) is 12.7. The van der Waals surface area contributed by atoms with Crippen LogP contribution in [0.15, 0.2) is 79.1 Å². The fourth-order valence-electron chi connectivity index (χ4n) is 2.78. The number of anilines is 1. The minimum atomic E-state index is -0.190. The molecule has 0 aliphatic heterocycles. The van der Waals surface area contributed by atoms with E-state index in [4.69, 9.17) is 4.74 Å². The fourth-order valence-corrected chi connectivity index (χ4v) is 2.78. The van der Waals surface area contributed by atoms with E-state index in [0.29, 0.717) is 17.0 Å². The lowest BCUT2D eigenvalue weighted by atomic mass is 10.2. The number of nitrogens with one attached hydrogen (secondary N) is 1. The molecule has 4 aromatic rings. The topological polar surface area (TPSA) is 55.6 Å². The Morgan fingerprint density at radius 3 is 2.69 bits per heavy atom. The molecular weight excluding hydrogens is 326 g/mol. The van der Waals surface area contributed by atoms with Crippen LogP contribution in [0.4, 0.5) is 5.69 Å². The van der Waals surface area contributed by atoms with Crippen LogP contribution < -0.4 is 10.1 Å². The Kier molecular flexibility index (Phi) is 4.11. The second-order valence-electron chi connectivity index (χ2n) is 5.86. The van der Waals surface area contributed by atoms with Crippen molar-refractivity contribution < 1.29 is 9.53 Å². The second-order valence-corrected chi connectivity index (χ2v) is 5.86. The Balaban J connectivity index is 1.61. The van der Waals surface area contributed by atoms with Crippen molar-refractivity contribution in [2.24, 2.45) is 0 Å². The maximum absolute atomic E-state index is 12.5. The van der Waals surface area contributed by atoms with Gasteiger partial charge in [0.1, 0.15) is 11.4 Å². The van der Waals surface area contributed by atoms with Crippen LogP contribution in [0.5, 0.6) is 5.75 Å². The molecule has 0 radical (unpaired) electrons. The van der Waals surface area contributed by atoms with E-state index in [1.54, 1.807) is 25.3 Å². The average Bonchev–Trinajstić information content (AvgIpc) is 3.12. The van der Waals surface area contributed by atoms with Crippen LogP contribution in [-0.2, 0) is 0 Å². The van der Waals surface area contributed by atoms with Gasteiger partial charge in [0.25, 0.3) is 5.91 Å². The molecule has 0 aliphatic carbocycles. The smallest absolute Gasteiger partial charge is 0.255 e. The van der Waals surface area contributed by atoms with E-state index in [2.05, 4.69) is 10.3 Å². The quantitative estimate of drug-likeness (QED) is 0.602. The molecular formula is C21H17N3O2. The highest BCUT2D eigenvalue weighted by molar-refractivity contribution is 6.04. The van der Waals surface area contributed by atoms with Crippen LogP contribution in [-0.4, -0.2) is 22.4 Å². The molecule has 0 spiro atoms. The van der Waals surface area contributed by atoms with Gasteiger partial charge in [-0.3, -0.25) is 4.79 Å². The molecule has 0 saturated heterocycles. The van der Waals surface area contributed by atoms with Gasteiger partial charge >= 0.3 is 0 Å². The maximum atomic E-state index is 12.5. The highest BCUT2D eigenvalue weighted by Crippen LogP contribution is 2.20. The summed E-state index contributed by atoms with van der Waals surface area (Å²) in [6.45, 7) is 0. The molecule has 4 rings (SSSR count). The molecule has 2 aromatic heterocycles. The molecule has 2 heterocycles. The zero-order valence-corrected chi connectivity index (χ0v) is 14.2. The van der Waals surface area contributed by atoms with E-state index in [1.807, 2.05) is 65.3 Å². The van der Waals surface area contributed by atoms with E-state index in [1.165, 1.54) is 0 Å². The number of pyridine rings is 1. The summed E-state index contributed by atoms with van der Waals surface area (Å²) >= 11 is 0. The minimum absolute atomic E-state index is 0.190. The molecule has 26 heavy (non-hydrogen) atoms. The van der Waals surface area contributed by atoms with Crippen molar-refractivity contribution in [1.82, 2.24) is 9.38 Å². The number of benzene rings is 2. The Bertz CT molecular complexity index is 1070. The van der Waals surface area contributed by atoms with Crippen molar-refractivity contribution in [3.63, 3.8) is 0 Å². The Hall–Kier alpha value is -3.60. The number of hydrogen-bond acceptors (Lipinski definition) is 3. The number of carbonyl (C=O) groups is 1. The van der Waals surface area contributed by atoms with Gasteiger partial charge in [-0.05, 0) is 24.3 Å². The van der Waals surface area contributed by atoms with Gasteiger partial charge in [-0.1, -0.05) is 36.4 Å². The van der Waals surface area contributed by atoms with E-state index >= 15 is 0 Å². The van der Waals surface area contributed by atoms with Crippen LogP contribution in [0, 0.1) is 0 Å². The van der Waals surface area contributed by atoms with Gasteiger partial charge in [0.2, 0.25) is 0 Å². The van der Waals surface area contributed by atoms with Crippen LogP contribution >= 0.6 is 0 Å². The third kappa shape index (κ3) is 3.15. The predicted octanol–water partition coefficient (Wildman–Crippen LogP) is 4.26. The van der Waals surface area contributed by atoms with Gasteiger partial charge < -0.3 is 14.5 Å². The molecule has 1 amide bonds. The Labute approximate surface area is 150 Å². The number of imidazole rings is 1. The Morgan fingerprint density at radius 1 is 1.04 bits per heavy atom. The highest BCUT2D eigenvalue weighted by atomic mass is 16.5. The summed E-state index contributed by atoms with van der Waals surface area (Å²) in [6, 6.07) is 20.8.